The molecule has 3 heterocycles. The Morgan fingerprint density at radius 2 is 0.947 bits per heavy atom. The van der Waals surface area contributed by atoms with Gasteiger partial charge in [-0.3, -0.25) is 0 Å². The number of hydrogen-bond donors (Lipinski definition) is 0. The molecule has 3 nitrogen and oxygen atoms in total. The summed E-state index contributed by atoms with van der Waals surface area (Å²) in [6.45, 7) is 19.3. The summed E-state index contributed by atoms with van der Waals surface area (Å²) in [6, 6.07) is 75.1. The minimum Gasteiger partial charge on any atom is -0.334 e. The minimum absolute atomic E-state index is 0.0173. The van der Waals surface area contributed by atoms with Gasteiger partial charge in [-0.05, 0) is 176 Å². The van der Waals surface area contributed by atoms with E-state index in [0.29, 0.717) is 0 Å². The molecule has 14 rings (SSSR count). The van der Waals surface area contributed by atoms with Crippen molar-refractivity contribution >= 4 is 68.6 Å². The summed E-state index contributed by atoms with van der Waals surface area (Å²) in [6.07, 6.45) is 6.90. The molecular weight excluding hydrogens is 918 g/mol. The predicted octanol–water partition coefficient (Wildman–Crippen LogP) is 17.2. The van der Waals surface area contributed by atoms with Gasteiger partial charge in [-0.15, -0.1) is 0 Å². The zero-order valence-electron chi connectivity index (χ0n) is 45.6. The van der Waals surface area contributed by atoms with E-state index in [1.807, 2.05) is 0 Å². The van der Waals surface area contributed by atoms with Crippen molar-refractivity contribution in [1.82, 2.24) is 0 Å². The average Bonchev–Trinajstić information content (AvgIpc) is 4.26. The van der Waals surface area contributed by atoms with Gasteiger partial charge in [0.1, 0.15) is 0 Å². The lowest BCUT2D eigenvalue weighted by Gasteiger charge is -2.47. The molecule has 0 aromatic heterocycles. The van der Waals surface area contributed by atoms with Crippen LogP contribution in [0, 0.1) is 0 Å². The van der Waals surface area contributed by atoms with Gasteiger partial charge in [0.25, 0.3) is 6.71 Å². The Kier molecular flexibility index (Phi) is 10.5. The number of aryl methyl sites for hydroxylation is 2. The quantitative estimate of drug-likeness (QED) is 0.154. The molecule has 2 aliphatic carbocycles. The van der Waals surface area contributed by atoms with Crippen LogP contribution in [0.15, 0.2) is 194 Å². The molecule has 9 aromatic rings. The highest BCUT2D eigenvalue weighted by Gasteiger charge is 2.60. The lowest BCUT2D eigenvalue weighted by Crippen LogP contribution is -2.61. The van der Waals surface area contributed by atoms with Crippen molar-refractivity contribution in [3.8, 4) is 33.4 Å². The highest BCUT2D eigenvalue weighted by molar-refractivity contribution is 7.00. The molecule has 2 atom stereocenters. The topological polar surface area (TPSA) is 9.72 Å². The molecule has 0 bridgehead atoms. The molecule has 5 aliphatic rings. The molecule has 0 amide bonds. The molecule has 1 saturated carbocycles. The molecule has 4 heteroatoms. The van der Waals surface area contributed by atoms with E-state index in [4.69, 9.17) is 0 Å². The number of nitrogens with zero attached hydrogens (tertiary/aromatic N) is 3. The fraction of sp³-hybridized carbons (Fsp3) is 0.250. The summed E-state index contributed by atoms with van der Waals surface area (Å²) in [5.41, 5.74) is 28.6. The van der Waals surface area contributed by atoms with E-state index in [1.54, 1.807) is 0 Å². The van der Waals surface area contributed by atoms with Crippen molar-refractivity contribution < 1.29 is 0 Å². The van der Waals surface area contributed by atoms with Crippen molar-refractivity contribution in [3.05, 3.63) is 222 Å². The lowest BCUT2D eigenvalue weighted by atomic mass is 9.33. The summed E-state index contributed by atoms with van der Waals surface area (Å²) in [7, 11) is 0. The van der Waals surface area contributed by atoms with Crippen LogP contribution in [0.5, 0.6) is 0 Å². The summed E-state index contributed by atoms with van der Waals surface area (Å²) in [4.78, 5) is 8.17. The second-order valence-electron chi connectivity index (χ2n) is 25.2. The third-order valence-corrected chi connectivity index (χ3v) is 18.8. The Morgan fingerprint density at radius 1 is 0.408 bits per heavy atom. The van der Waals surface area contributed by atoms with E-state index in [0.717, 1.165) is 24.9 Å². The number of anilines is 8. The molecule has 0 N–H and O–H groups in total. The maximum absolute atomic E-state index is 2.81. The zero-order chi connectivity index (χ0) is 51.9. The van der Waals surface area contributed by atoms with Crippen LogP contribution in [0.1, 0.15) is 109 Å². The Hall–Kier alpha value is -7.56. The van der Waals surface area contributed by atoms with Crippen LogP contribution in [0.3, 0.4) is 0 Å². The summed E-state index contributed by atoms with van der Waals surface area (Å²) < 4.78 is 0. The van der Waals surface area contributed by atoms with Gasteiger partial charge in [0.15, 0.2) is 0 Å². The molecule has 1 fully saturated rings. The van der Waals surface area contributed by atoms with E-state index < -0.39 is 0 Å². The van der Waals surface area contributed by atoms with Gasteiger partial charge in [-0.1, -0.05) is 194 Å². The number of benzene rings is 9. The van der Waals surface area contributed by atoms with Gasteiger partial charge in [0, 0.05) is 50.8 Å². The Bertz CT molecular complexity index is 3770. The summed E-state index contributed by atoms with van der Waals surface area (Å²) in [5.74, 6) is 0. The van der Waals surface area contributed by atoms with Gasteiger partial charge < -0.3 is 14.7 Å². The molecule has 374 valence electrons. The summed E-state index contributed by atoms with van der Waals surface area (Å²) in [5, 5.41) is 0. The van der Waals surface area contributed by atoms with E-state index >= 15 is 0 Å². The fourth-order valence-corrected chi connectivity index (χ4v) is 14.5. The average molecular weight is 986 g/mol. The van der Waals surface area contributed by atoms with Crippen LogP contribution in [0.25, 0.3) is 33.4 Å². The van der Waals surface area contributed by atoms with Crippen molar-refractivity contribution in [2.75, 3.05) is 14.7 Å². The Balaban J connectivity index is 1.11. The standard InChI is InChI=1S/C72H68BN3/c1-69(2,3)54-31-36-62(58(43-54)50-24-16-11-17-25-50)75-65-42-52-27-18-26-51(52)40-61(65)73-60-41-53(48-22-14-10-15-23-48)30-35-64(60)74(56-33-28-49(29-34-56)47-20-12-9-13-21-47)66-45-57(46-67(75)68(66)73)76-63-37-32-55(70(4,5)6)44-59(63)71(7)38-19-39-72(71,76)8/h9-17,20-25,28-37,40-46H,18-19,26-27,38-39H2,1-8H3. The van der Waals surface area contributed by atoms with Crippen LogP contribution < -0.4 is 31.1 Å². The first-order valence-corrected chi connectivity index (χ1v) is 28.1. The molecule has 0 radical (unpaired) electrons. The van der Waals surface area contributed by atoms with Crippen LogP contribution in [-0.4, -0.2) is 12.3 Å². The molecule has 76 heavy (non-hydrogen) atoms. The second-order valence-corrected chi connectivity index (χ2v) is 25.2. The minimum atomic E-state index is -0.146. The monoisotopic (exact) mass is 986 g/mol. The second kappa shape index (κ2) is 17.0. The van der Waals surface area contributed by atoms with E-state index in [1.165, 1.54) is 137 Å². The highest BCUT2D eigenvalue weighted by Crippen LogP contribution is 2.63. The lowest BCUT2D eigenvalue weighted by molar-refractivity contribution is 0.330. The Morgan fingerprint density at radius 3 is 1.61 bits per heavy atom. The molecular formula is C72H68BN3. The molecule has 0 spiro atoms. The van der Waals surface area contributed by atoms with Crippen LogP contribution in [0.2, 0.25) is 0 Å². The van der Waals surface area contributed by atoms with Crippen LogP contribution in [-0.2, 0) is 29.1 Å². The number of rotatable bonds is 6. The van der Waals surface area contributed by atoms with Gasteiger partial charge in [0.05, 0.1) is 11.2 Å². The largest absolute Gasteiger partial charge is 0.334 e. The van der Waals surface area contributed by atoms with E-state index in [9.17, 15) is 0 Å². The molecule has 2 unspecified atom stereocenters. The van der Waals surface area contributed by atoms with Gasteiger partial charge in [-0.25, -0.2) is 0 Å². The molecule has 9 aromatic carbocycles. The maximum atomic E-state index is 2.81. The zero-order valence-corrected chi connectivity index (χ0v) is 45.6. The molecule has 3 aliphatic heterocycles. The smallest absolute Gasteiger partial charge is 0.252 e. The van der Waals surface area contributed by atoms with Gasteiger partial charge in [0.2, 0.25) is 0 Å². The predicted molar refractivity (Wildman–Crippen MR) is 324 cm³/mol. The van der Waals surface area contributed by atoms with Gasteiger partial charge in [-0.2, -0.15) is 0 Å². The van der Waals surface area contributed by atoms with E-state index in [-0.39, 0.29) is 28.5 Å². The van der Waals surface area contributed by atoms with Crippen LogP contribution in [0.4, 0.5) is 45.5 Å². The third-order valence-electron chi connectivity index (χ3n) is 18.8. The van der Waals surface area contributed by atoms with Crippen molar-refractivity contribution in [2.45, 2.75) is 116 Å². The number of fused-ring (bicyclic) bond motifs is 8. The van der Waals surface area contributed by atoms with Crippen molar-refractivity contribution in [1.29, 1.82) is 0 Å². The SMILES string of the molecule is CC(C)(C)c1ccc(N2c3cc4c(cc3B3c5cc(-c6ccccc6)ccc5N(c5ccc(-c6ccccc6)cc5)c5cc(N6c7ccc(C(C)(C)C)cc7C7(C)CCCC67C)cc2c53)CCC4)c(-c2ccccc2)c1. The normalized spacial score (nSPS) is 19.0. The Labute approximate surface area is 452 Å². The maximum Gasteiger partial charge on any atom is 0.252 e. The fourth-order valence-electron chi connectivity index (χ4n) is 14.5. The first-order chi connectivity index (χ1) is 36.7. The first-order valence-electron chi connectivity index (χ1n) is 28.1. The third kappa shape index (κ3) is 7.08. The van der Waals surface area contributed by atoms with Gasteiger partial charge >= 0.3 is 0 Å². The molecule has 0 saturated heterocycles. The summed E-state index contributed by atoms with van der Waals surface area (Å²) >= 11 is 0. The van der Waals surface area contributed by atoms with Crippen molar-refractivity contribution in [3.63, 3.8) is 0 Å². The number of hydrogen-bond acceptors (Lipinski definition) is 3. The first kappa shape index (κ1) is 46.9. The van der Waals surface area contributed by atoms with E-state index in [2.05, 4.69) is 264 Å². The van der Waals surface area contributed by atoms with Crippen LogP contribution >= 0.6 is 0 Å². The van der Waals surface area contributed by atoms with Crippen molar-refractivity contribution in [2.24, 2.45) is 0 Å². The highest BCUT2D eigenvalue weighted by atomic mass is 15.3.